The molecule has 66 heavy (non-hydrogen) atoms. The van der Waals surface area contributed by atoms with Crippen molar-refractivity contribution in [3.63, 3.8) is 0 Å². The highest BCUT2D eigenvalue weighted by Crippen LogP contribution is 2.64. The Hall–Kier alpha value is -7.78. The maximum atomic E-state index is 2.56. The van der Waals surface area contributed by atoms with Gasteiger partial charge in [0.25, 0.3) is 0 Å². The van der Waals surface area contributed by atoms with Crippen LogP contribution in [0.15, 0.2) is 224 Å². The number of hydrogen-bond donors (Lipinski definition) is 0. The molecule has 1 heterocycles. The minimum atomic E-state index is -0.481. The summed E-state index contributed by atoms with van der Waals surface area (Å²) in [6.45, 7) is 4.77. The van der Waals surface area contributed by atoms with E-state index in [1.54, 1.807) is 0 Å². The molecule has 310 valence electrons. The lowest BCUT2D eigenvalue weighted by molar-refractivity contribution is 0.660. The lowest BCUT2D eigenvalue weighted by Crippen LogP contribution is -2.26. The summed E-state index contributed by atoms with van der Waals surface area (Å²) >= 11 is 1.87. The minimum Gasteiger partial charge on any atom is -0.310 e. The summed E-state index contributed by atoms with van der Waals surface area (Å²) in [5, 5.41) is 2.64. The molecule has 0 saturated heterocycles. The van der Waals surface area contributed by atoms with Gasteiger partial charge in [-0.05, 0) is 138 Å². The molecule has 11 aromatic rings. The van der Waals surface area contributed by atoms with E-state index >= 15 is 0 Å². The van der Waals surface area contributed by atoms with Gasteiger partial charge in [-0.25, -0.2) is 0 Å². The molecule has 1 spiro atoms. The molecule has 14 rings (SSSR count). The molecule has 1 aromatic heterocycles. The Labute approximate surface area is 389 Å². The van der Waals surface area contributed by atoms with E-state index in [9.17, 15) is 0 Å². The third-order valence-electron chi connectivity index (χ3n) is 15.1. The summed E-state index contributed by atoms with van der Waals surface area (Å²) in [6, 6.07) is 84.7. The van der Waals surface area contributed by atoms with Gasteiger partial charge < -0.3 is 4.90 Å². The Bertz CT molecular complexity index is 3750. The molecule has 0 saturated carbocycles. The Morgan fingerprint density at radius 1 is 0.318 bits per heavy atom. The average Bonchev–Trinajstić information content (AvgIpc) is 4.06. The standard InChI is InChI=1S/C64H43NS/c1-63(2)54-23-11-6-18-45(54)49-34-33-44(37-58(49)63)65(43-31-28-40(29-32-43)42-30-35-62-53(36-42)50-22-10-15-27-61(50)66-62)60-39-59-52(38-51(60)41-16-4-3-5-17-41)48-21-9-14-26-57(48)64(59)55-24-12-7-19-46(55)47-20-8-13-25-56(47)64/h3-39H,1-2H3. The van der Waals surface area contributed by atoms with Crippen molar-refractivity contribution in [2.75, 3.05) is 4.90 Å². The molecular formula is C64H43NS. The van der Waals surface area contributed by atoms with Crippen LogP contribution in [-0.4, -0.2) is 0 Å². The van der Waals surface area contributed by atoms with Gasteiger partial charge in [-0.1, -0.05) is 184 Å². The Balaban J connectivity index is 1.04. The van der Waals surface area contributed by atoms with E-state index in [4.69, 9.17) is 0 Å². The highest BCUT2D eigenvalue weighted by Gasteiger charge is 2.52. The molecule has 3 aliphatic rings. The zero-order chi connectivity index (χ0) is 43.7. The monoisotopic (exact) mass is 857 g/mol. The number of fused-ring (bicyclic) bond motifs is 16. The van der Waals surface area contributed by atoms with Crippen molar-refractivity contribution in [2.24, 2.45) is 0 Å². The van der Waals surface area contributed by atoms with Crippen molar-refractivity contribution in [3.05, 3.63) is 258 Å². The van der Waals surface area contributed by atoms with Gasteiger partial charge in [0, 0.05) is 42.5 Å². The van der Waals surface area contributed by atoms with Crippen molar-refractivity contribution < 1.29 is 0 Å². The second-order valence-corrected chi connectivity index (χ2v) is 19.8. The second kappa shape index (κ2) is 13.9. The van der Waals surface area contributed by atoms with Gasteiger partial charge in [0.15, 0.2) is 0 Å². The molecule has 10 aromatic carbocycles. The molecule has 0 bridgehead atoms. The van der Waals surface area contributed by atoms with E-state index in [-0.39, 0.29) is 5.41 Å². The maximum absolute atomic E-state index is 2.56. The Morgan fingerprint density at radius 2 is 0.848 bits per heavy atom. The fourth-order valence-corrected chi connectivity index (χ4v) is 13.2. The number of anilines is 3. The van der Waals surface area contributed by atoms with Crippen molar-refractivity contribution in [3.8, 4) is 55.6 Å². The second-order valence-electron chi connectivity index (χ2n) is 18.8. The quantitative estimate of drug-likeness (QED) is 0.167. The molecule has 0 fully saturated rings. The number of nitrogens with zero attached hydrogens (tertiary/aromatic N) is 1. The van der Waals surface area contributed by atoms with E-state index in [1.807, 2.05) is 11.3 Å². The Kier molecular flexibility index (Phi) is 7.89. The van der Waals surface area contributed by atoms with Gasteiger partial charge in [0.1, 0.15) is 0 Å². The van der Waals surface area contributed by atoms with Crippen LogP contribution in [0.4, 0.5) is 17.1 Å². The fraction of sp³-hybridized carbons (Fsp3) is 0.0625. The first kappa shape index (κ1) is 37.6. The lowest BCUT2D eigenvalue weighted by Gasteiger charge is -2.34. The SMILES string of the molecule is CC1(C)c2ccccc2-c2ccc(N(c3ccc(-c4ccc5sc6ccccc6c5c4)cc3)c3cc4c(cc3-c3ccccc3)-c3ccccc3C43c4ccccc4-c4ccccc43)cc21. The van der Waals surface area contributed by atoms with Gasteiger partial charge in [0.2, 0.25) is 0 Å². The number of rotatable bonds is 5. The van der Waals surface area contributed by atoms with E-state index in [1.165, 1.54) is 109 Å². The molecular weight excluding hydrogens is 815 g/mol. The molecule has 0 N–H and O–H groups in total. The highest BCUT2D eigenvalue weighted by molar-refractivity contribution is 7.25. The van der Waals surface area contributed by atoms with Gasteiger partial charge in [-0.3, -0.25) is 0 Å². The third kappa shape index (κ3) is 5.11. The summed E-state index contributed by atoms with van der Waals surface area (Å²) in [4.78, 5) is 2.55. The predicted molar refractivity (Wildman–Crippen MR) is 279 cm³/mol. The van der Waals surface area contributed by atoms with Crippen molar-refractivity contribution in [2.45, 2.75) is 24.7 Å². The predicted octanol–water partition coefficient (Wildman–Crippen LogP) is 17.5. The summed E-state index contributed by atoms with van der Waals surface area (Å²) in [7, 11) is 0. The van der Waals surface area contributed by atoms with E-state index in [0.717, 1.165) is 17.1 Å². The number of hydrogen-bond acceptors (Lipinski definition) is 2. The topological polar surface area (TPSA) is 3.24 Å². The van der Waals surface area contributed by atoms with Crippen LogP contribution in [0.2, 0.25) is 0 Å². The van der Waals surface area contributed by atoms with Crippen molar-refractivity contribution in [1.29, 1.82) is 0 Å². The van der Waals surface area contributed by atoms with Gasteiger partial charge in [-0.2, -0.15) is 0 Å². The van der Waals surface area contributed by atoms with E-state index < -0.39 is 5.41 Å². The molecule has 0 radical (unpaired) electrons. The minimum absolute atomic E-state index is 0.162. The van der Waals surface area contributed by atoms with Crippen LogP contribution in [0.25, 0.3) is 75.8 Å². The summed E-state index contributed by atoms with van der Waals surface area (Å²) < 4.78 is 2.65. The zero-order valence-electron chi connectivity index (χ0n) is 36.7. The van der Waals surface area contributed by atoms with Gasteiger partial charge in [-0.15, -0.1) is 11.3 Å². The van der Waals surface area contributed by atoms with E-state index in [0.29, 0.717) is 0 Å². The van der Waals surface area contributed by atoms with Crippen LogP contribution >= 0.6 is 11.3 Å². The molecule has 3 aliphatic carbocycles. The molecule has 1 nitrogen and oxygen atoms in total. The third-order valence-corrected chi connectivity index (χ3v) is 16.3. The molecule has 0 unspecified atom stereocenters. The molecule has 2 heteroatoms. The van der Waals surface area contributed by atoms with Gasteiger partial charge in [0.05, 0.1) is 11.1 Å². The largest absolute Gasteiger partial charge is 0.310 e. The first-order valence-corrected chi connectivity index (χ1v) is 23.9. The van der Waals surface area contributed by atoms with E-state index in [2.05, 4.69) is 243 Å². The normalized spacial score (nSPS) is 14.2. The summed E-state index contributed by atoms with van der Waals surface area (Å²) in [5.74, 6) is 0. The van der Waals surface area contributed by atoms with Crippen LogP contribution in [-0.2, 0) is 10.8 Å². The molecule has 0 amide bonds. The fourth-order valence-electron chi connectivity index (χ4n) is 12.1. The smallest absolute Gasteiger partial charge is 0.0726 e. The zero-order valence-corrected chi connectivity index (χ0v) is 37.5. The van der Waals surface area contributed by atoms with Crippen LogP contribution in [0.1, 0.15) is 47.2 Å². The Morgan fingerprint density at radius 3 is 1.55 bits per heavy atom. The van der Waals surface area contributed by atoms with Crippen LogP contribution in [0.3, 0.4) is 0 Å². The molecule has 0 atom stereocenters. The number of thiophene rings is 1. The van der Waals surface area contributed by atoms with Gasteiger partial charge >= 0.3 is 0 Å². The number of benzene rings is 10. The van der Waals surface area contributed by atoms with Crippen LogP contribution in [0.5, 0.6) is 0 Å². The summed E-state index contributed by atoms with van der Waals surface area (Å²) in [5.41, 5.74) is 23.5. The summed E-state index contributed by atoms with van der Waals surface area (Å²) in [6.07, 6.45) is 0. The highest BCUT2D eigenvalue weighted by atomic mass is 32.1. The lowest BCUT2D eigenvalue weighted by atomic mass is 9.70. The first-order valence-electron chi connectivity index (χ1n) is 23.1. The van der Waals surface area contributed by atoms with Crippen molar-refractivity contribution >= 4 is 48.6 Å². The molecule has 0 aliphatic heterocycles. The van der Waals surface area contributed by atoms with Crippen molar-refractivity contribution in [1.82, 2.24) is 0 Å². The maximum Gasteiger partial charge on any atom is 0.0726 e. The average molecular weight is 858 g/mol. The first-order chi connectivity index (χ1) is 32.5. The van der Waals surface area contributed by atoms with Crippen LogP contribution in [0, 0.1) is 0 Å². The van der Waals surface area contributed by atoms with Crippen LogP contribution < -0.4 is 4.90 Å².